The molecule has 1 atom stereocenters. The van der Waals surface area contributed by atoms with Crippen LogP contribution in [0.4, 0.5) is 0 Å². The Hall–Kier alpha value is -0.790. The Balaban J connectivity index is 2.29. The molecule has 1 heterocycles. The molecule has 0 saturated carbocycles. The molecule has 1 aliphatic rings. The lowest BCUT2D eigenvalue weighted by Crippen LogP contribution is -2.30. The molecule has 0 aromatic carbocycles. The van der Waals surface area contributed by atoms with E-state index in [1.54, 1.807) is 6.08 Å². The van der Waals surface area contributed by atoms with Crippen molar-refractivity contribution in [1.29, 1.82) is 0 Å². The summed E-state index contributed by atoms with van der Waals surface area (Å²) >= 11 is 0. The van der Waals surface area contributed by atoms with Crippen molar-refractivity contribution in [3.8, 4) is 0 Å². The first kappa shape index (κ1) is 4.37. The van der Waals surface area contributed by atoms with Crippen molar-refractivity contribution in [3.63, 3.8) is 0 Å². The highest BCUT2D eigenvalue weighted by Gasteiger charge is 2.24. The normalized spacial score (nSPS) is 28.0. The second kappa shape index (κ2) is 1.37. The third-order valence-corrected chi connectivity index (χ3v) is 0.914. The van der Waals surface area contributed by atoms with Gasteiger partial charge >= 0.3 is 5.97 Å². The summed E-state index contributed by atoms with van der Waals surface area (Å²) < 4.78 is 4.53. The van der Waals surface area contributed by atoms with E-state index in [9.17, 15) is 4.79 Å². The van der Waals surface area contributed by atoms with Crippen molar-refractivity contribution in [2.24, 2.45) is 0 Å². The number of ether oxygens (including phenoxy) is 1. The molecule has 7 heavy (non-hydrogen) atoms. The Bertz CT molecular complexity index is 98.6. The number of esters is 1. The van der Waals surface area contributed by atoms with Gasteiger partial charge < -0.3 is 4.74 Å². The van der Waals surface area contributed by atoms with Crippen molar-refractivity contribution in [1.82, 2.24) is 0 Å². The molecule has 1 unspecified atom stereocenters. The van der Waals surface area contributed by atoms with Gasteiger partial charge in [-0.2, -0.15) is 0 Å². The number of hydrogen-bond donors (Lipinski definition) is 0. The Labute approximate surface area is 41.8 Å². The van der Waals surface area contributed by atoms with Gasteiger partial charge in [0, 0.05) is 0 Å². The van der Waals surface area contributed by atoms with Crippen LogP contribution in [0.25, 0.3) is 0 Å². The maximum Gasteiger partial charge on any atom is 0.310 e. The number of carbonyl (C=O) groups is 1. The molecule has 0 N–H and O–H groups in total. The van der Waals surface area contributed by atoms with Crippen LogP contribution < -0.4 is 0 Å². The summed E-state index contributed by atoms with van der Waals surface area (Å²) in [6.45, 7) is 3.44. The predicted octanol–water partition coefficient (Wildman–Crippen LogP) is 0.488. The highest BCUT2D eigenvalue weighted by molar-refractivity contribution is 5.75. The molecule has 38 valence electrons. The number of cyclic esters (lactones) is 1. The molecule has 2 heteroatoms. The van der Waals surface area contributed by atoms with Crippen LogP contribution in [0.3, 0.4) is 0 Å². The molecule has 0 aliphatic carbocycles. The van der Waals surface area contributed by atoms with Crippen LogP contribution in [0, 0.1) is 0 Å². The van der Waals surface area contributed by atoms with Gasteiger partial charge in [0.05, 0.1) is 6.42 Å². The van der Waals surface area contributed by atoms with Gasteiger partial charge in [0.1, 0.15) is 6.10 Å². The van der Waals surface area contributed by atoms with Crippen LogP contribution in [0.2, 0.25) is 0 Å². The van der Waals surface area contributed by atoms with E-state index >= 15 is 0 Å². The minimum atomic E-state index is -0.120. The lowest BCUT2D eigenvalue weighted by atomic mass is 10.2. The highest BCUT2D eigenvalue weighted by atomic mass is 16.6. The average Bonchev–Trinajstić information content (AvgIpc) is 1.58. The molecular formula is C5H6O2. The van der Waals surface area contributed by atoms with E-state index in [1.807, 2.05) is 0 Å². The van der Waals surface area contributed by atoms with Crippen molar-refractivity contribution in [2.75, 3.05) is 0 Å². The summed E-state index contributed by atoms with van der Waals surface area (Å²) in [4.78, 5) is 10.00. The molecule has 1 rings (SSSR count). The smallest absolute Gasteiger partial charge is 0.310 e. The third-order valence-electron chi connectivity index (χ3n) is 0.914. The lowest BCUT2D eigenvalue weighted by Gasteiger charge is -2.21. The summed E-state index contributed by atoms with van der Waals surface area (Å²) in [6, 6.07) is 0. The fourth-order valence-electron chi connectivity index (χ4n) is 0.455. The highest BCUT2D eigenvalue weighted by Crippen LogP contribution is 2.12. The topological polar surface area (TPSA) is 26.3 Å². The van der Waals surface area contributed by atoms with Crippen LogP contribution in [-0.2, 0) is 9.53 Å². The first-order valence-electron chi connectivity index (χ1n) is 2.15. The fraction of sp³-hybridized carbons (Fsp3) is 0.400. The van der Waals surface area contributed by atoms with E-state index in [1.165, 1.54) is 0 Å². The zero-order valence-electron chi connectivity index (χ0n) is 3.89. The van der Waals surface area contributed by atoms with E-state index < -0.39 is 0 Å². The van der Waals surface area contributed by atoms with Gasteiger partial charge in [-0.15, -0.1) is 0 Å². The van der Waals surface area contributed by atoms with E-state index in [0.29, 0.717) is 6.42 Å². The summed E-state index contributed by atoms with van der Waals surface area (Å²) in [7, 11) is 0. The van der Waals surface area contributed by atoms with Crippen LogP contribution in [0.15, 0.2) is 12.7 Å². The first-order valence-corrected chi connectivity index (χ1v) is 2.15. The molecule has 2 nitrogen and oxygen atoms in total. The quantitative estimate of drug-likeness (QED) is 0.352. The van der Waals surface area contributed by atoms with E-state index in [4.69, 9.17) is 0 Å². The fourth-order valence-corrected chi connectivity index (χ4v) is 0.455. The molecule has 1 aliphatic heterocycles. The molecule has 0 amide bonds. The van der Waals surface area contributed by atoms with Crippen molar-refractivity contribution >= 4 is 5.97 Å². The molecule has 0 aromatic heterocycles. The van der Waals surface area contributed by atoms with E-state index in [0.717, 1.165) is 0 Å². The maximum atomic E-state index is 10.00. The third kappa shape index (κ3) is 0.633. The molecule has 1 fully saturated rings. The zero-order chi connectivity index (χ0) is 5.28. The van der Waals surface area contributed by atoms with Crippen molar-refractivity contribution in [3.05, 3.63) is 12.7 Å². The average molecular weight is 98.1 g/mol. The van der Waals surface area contributed by atoms with E-state index in [2.05, 4.69) is 11.3 Å². The second-order valence-electron chi connectivity index (χ2n) is 1.47. The van der Waals surface area contributed by atoms with Gasteiger partial charge in [-0.3, -0.25) is 4.79 Å². The second-order valence-corrected chi connectivity index (χ2v) is 1.47. The van der Waals surface area contributed by atoms with Crippen LogP contribution in [-0.4, -0.2) is 12.1 Å². The minimum absolute atomic E-state index is 0.00694. The van der Waals surface area contributed by atoms with Crippen LogP contribution in [0.5, 0.6) is 0 Å². The summed E-state index contributed by atoms with van der Waals surface area (Å²) in [5, 5.41) is 0. The number of carbonyl (C=O) groups excluding carboxylic acids is 1. The number of hydrogen-bond acceptors (Lipinski definition) is 2. The van der Waals surface area contributed by atoms with Gasteiger partial charge in [0.15, 0.2) is 0 Å². The molecule has 0 radical (unpaired) electrons. The maximum absolute atomic E-state index is 10.00. The van der Waals surface area contributed by atoms with Crippen molar-refractivity contribution < 1.29 is 9.53 Å². The lowest BCUT2D eigenvalue weighted by molar-refractivity contribution is -0.164. The molecule has 1 saturated heterocycles. The van der Waals surface area contributed by atoms with Gasteiger partial charge in [-0.05, 0) is 0 Å². The van der Waals surface area contributed by atoms with E-state index in [-0.39, 0.29) is 12.1 Å². The summed E-state index contributed by atoms with van der Waals surface area (Å²) in [5.41, 5.74) is 0. The molecule has 0 bridgehead atoms. The van der Waals surface area contributed by atoms with Crippen LogP contribution >= 0.6 is 0 Å². The standard InChI is InChI=1S/C5H6O2/c1-2-4-3-5(6)7-4/h2,4H,1,3H2. The van der Waals surface area contributed by atoms with Crippen LogP contribution in [0.1, 0.15) is 6.42 Å². The summed E-state index contributed by atoms with van der Waals surface area (Å²) in [6.07, 6.45) is 2.15. The Morgan fingerprint density at radius 2 is 2.57 bits per heavy atom. The van der Waals surface area contributed by atoms with Gasteiger partial charge in [0.2, 0.25) is 0 Å². The minimum Gasteiger partial charge on any atom is -0.457 e. The molecule has 0 aromatic rings. The zero-order valence-corrected chi connectivity index (χ0v) is 3.89. The predicted molar refractivity (Wildman–Crippen MR) is 24.7 cm³/mol. The first-order chi connectivity index (χ1) is 3.33. The Morgan fingerprint density at radius 1 is 2.00 bits per heavy atom. The molecule has 0 spiro atoms. The van der Waals surface area contributed by atoms with Gasteiger partial charge in [-0.25, -0.2) is 0 Å². The largest absolute Gasteiger partial charge is 0.457 e. The SMILES string of the molecule is C=CC1CC(=O)O1. The summed E-state index contributed by atoms with van der Waals surface area (Å²) in [5.74, 6) is -0.120. The van der Waals surface area contributed by atoms with Gasteiger partial charge in [0.25, 0.3) is 0 Å². The Kier molecular flexibility index (Phi) is 0.855. The monoisotopic (exact) mass is 98.0 g/mol. The molecular weight excluding hydrogens is 92.1 g/mol. The Morgan fingerprint density at radius 3 is 2.71 bits per heavy atom. The van der Waals surface area contributed by atoms with Crippen molar-refractivity contribution in [2.45, 2.75) is 12.5 Å². The number of rotatable bonds is 1. The van der Waals surface area contributed by atoms with Gasteiger partial charge in [-0.1, -0.05) is 12.7 Å².